The van der Waals surface area contributed by atoms with Crippen molar-refractivity contribution in [3.8, 4) is 6.07 Å². The quantitative estimate of drug-likeness (QED) is 0.600. The number of carbonyl (C=O) groups excluding carboxylic acids is 1. The maximum Gasteiger partial charge on any atom is 0.267 e. The summed E-state index contributed by atoms with van der Waals surface area (Å²) in [6, 6.07) is 16.6. The van der Waals surface area contributed by atoms with Gasteiger partial charge in [0.2, 0.25) is 0 Å². The molecule has 5 heteroatoms. The summed E-state index contributed by atoms with van der Waals surface area (Å²) < 4.78 is 0. The molecule has 0 radical (unpaired) electrons. The van der Waals surface area contributed by atoms with Crippen LogP contribution in [0.5, 0.6) is 0 Å². The average Bonchev–Trinajstić information content (AvgIpc) is 2.58. The Kier molecular flexibility index (Phi) is 6.00. The Labute approximate surface area is 146 Å². The first kappa shape index (κ1) is 17.6. The topological polar surface area (TPSA) is 64.9 Å². The lowest BCUT2D eigenvalue weighted by Crippen LogP contribution is -2.14. The van der Waals surface area contributed by atoms with Gasteiger partial charge >= 0.3 is 0 Å². The first-order valence-electron chi connectivity index (χ1n) is 7.54. The summed E-state index contributed by atoms with van der Waals surface area (Å²) >= 11 is 6.00. The van der Waals surface area contributed by atoms with Gasteiger partial charge in [-0.15, -0.1) is 0 Å². The van der Waals surface area contributed by atoms with Crippen molar-refractivity contribution in [2.24, 2.45) is 0 Å². The van der Waals surface area contributed by atoms with E-state index < -0.39 is 5.91 Å². The minimum absolute atomic E-state index is 0.0390. The third-order valence-corrected chi connectivity index (χ3v) is 3.78. The zero-order valence-electron chi connectivity index (χ0n) is 13.5. The smallest absolute Gasteiger partial charge is 0.267 e. The van der Waals surface area contributed by atoms with Crippen molar-refractivity contribution in [1.82, 2.24) is 0 Å². The van der Waals surface area contributed by atoms with Gasteiger partial charge in [-0.05, 0) is 35.7 Å². The fourth-order valence-corrected chi connectivity index (χ4v) is 2.20. The highest BCUT2D eigenvalue weighted by Crippen LogP contribution is 2.21. The normalized spacial score (nSPS) is 11.0. The molecule has 2 N–H and O–H groups in total. The zero-order valence-corrected chi connectivity index (χ0v) is 14.3. The van der Waals surface area contributed by atoms with Gasteiger partial charge in [0.25, 0.3) is 5.91 Å². The van der Waals surface area contributed by atoms with Crippen LogP contribution >= 0.6 is 11.6 Å². The van der Waals surface area contributed by atoms with Crippen LogP contribution in [0.4, 0.5) is 11.4 Å². The van der Waals surface area contributed by atoms with E-state index >= 15 is 0 Å². The molecular formula is C19H18ClN3O. The van der Waals surface area contributed by atoms with Gasteiger partial charge in [0.15, 0.2) is 0 Å². The summed E-state index contributed by atoms with van der Waals surface area (Å²) in [5, 5.41) is 15.2. The molecule has 2 aromatic rings. The largest absolute Gasteiger partial charge is 0.360 e. The molecule has 24 heavy (non-hydrogen) atoms. The van der Waals surface area contributed by atoms with Crippen LogP contribution in [0.15, 0.2) is 60.3 Å². The predicted octanol–water partition coefficient (Wildman–Crippen LogP) is 4.92. The lowest BCUT2D eigenvalue weighted by atomic mass is 10.0. The number of nitrogens with one attached hydrogen (secondary N) is 2. The van der Waals surface area contributed by atoms with Gasteiger partial charge in [0.1, 0.15) is 11.6 Å². The Bertz CT molecular complexity index is 789. The number of rotatable bonds is 5. The number of amides is 1. The van der Waals surface area contributed by atoms with E-state index in [1.165, 1.54) is 11.8 Å². The summed E-state index contributed by atoms with van der Waals surface area (Å²) in [5.41, 5.74) is 2.45. The molecule has 2 aromatic carbocycles. The molecule has 0 aliphatic rings. The second-order valence-electron chi connectivity index (χ2n) is 5.52. The van der Waals surface area contributed by atoms with E-state index in [1.54, 1.807) is 24.3 Å². The molecule has 0 fully saturated rings. The van der Waals surface area contributed by atoms with Crippen molar-refractivity contribution in [2.45, 2.75) is 19.8 Å². The number of nitrogens with zero attached hydrogens (tertiary/aromatic N) is 1. The van der Waals surface area contributed by atoms with Crippen LogP contribution in [0, 0.1) is 11.3 Å². The van der Waals surface area contributed by atoms with Crippen molar-refractivity contribution in [1.29, 1.82) is 5.26 Å². The number of anilines is 2. The molecule has 0 aliphatic heterocycles. The predicted molar refractivity (Wildman–Crippen MR) is 97.9 cm³/mol. The second-order valence-corrected chi connectivity index (χ2v) is 5.93. The lowest BCUT2D eigenvalue weighted by Gasteiger charge is -2.08. The van der Waals surface area contributed by atoms with Gasteiger partial charge in [0, 0.05) is 11.9 Å². The number of halogens is 1. The summed E-state index contributed by atoms with van der Waals surface area (Å²) in [6.45, 7) is 4.24. The lowest BCUT2D eigenvalue weighted by molar-refractivity contribution is -0.112. The van der Waals surface area contributed by atoms with Crippen LogP contribution in [-0.2, 0) is 4.79 Å². The highest BCUT2D eigenvalue weighted by Gasteiger charge is 2.10. The van der Waals surface area contributed by atoms with Gasteiger partial charge in [-0.25, -0.2) is 0 Å². The number of hydrogen-bond donors (Lipinski definition) is 2. The number of hydrogen-bond acceptors (Lipinski definition) is 3. The molecule has 0 saturated carbocycles. The summed E-state index contributed by atoms with van der Waals surface area (Å²) in [7, 11) is 0. The van der Waals surface area contributed by atoms with Gasteiger partial charge < -0.3 is 10.6 Å². The van der Waals surface area contributed by atoms with E-state index in [0.29, 0.717) is 16.6 Å². The van der Waals surface area contributed by atoms with Crippen molar-refractivity contribution in [2.75, 3.05) is 10.6 Å². The van der Waals surface area contributed by atoms with Crippen molar-refractivity contribution >= 4 is 28.9 Å². The Morgan fingerprint density at radius 1 is 1.17 bits per heavy atom. The van der Waals surface area contributed by atoms with E-state index in [9.17, 15) is 10.1 Å². The van der Waals surface area contributed by atoms with E-state index in [0.717, 1.165) is 5.69 Å². The van der Waals surface area contributed by atoms with Crippen LogP contribution in [0.1, 0.15) is 25.3 Å². The summed E-state index contributed by atoms with van der Waals surface area (Å²) in [4.78, 5) is 12.2. The van der Waals surface area contributed by atoms with Crippen LogP contribution in [0.3, 0.4) is 0 Å². The van der Waals surface area contributed by atoms with Crippen LogP contribution < -0.4 is 10.6 Å². The molecule has 0 heterocycles. The van der Waals surface area contributed by atoms with E-state index in [-0.39, 0.29) is 5.57 Å². The third kappa shape index (κ3) is 4.61. The van der Waals surface area contributed by atoms with Gasteiger partial charge in [-0.3, -0.25) is 4.79 Å². The Balaban J connectivity index is 2.07. The molecule has 2 rings (SSSR count). The molecular weight excluding hydrogens is 322 g/mol. The molecule has 0 bridgehead atoms. The molecule has 0 aliphatic carbocycles. The maximum atomic E-state index is 12.2. The van der Waals surface area contributed by atoms with E-state index in [4.69, 9.17) is 11.6 Å². The van der Waals surface area contributed by atoms with Gasteiger partial charge in [-0.1, -0.05) is 49.7 Å². The van der Waals surface area contributed by atoms with E-state index in [1.807, 2.05) is 30.3 Å². The van der Waals surface area contributed by atoms with Crippen molar-refractivity contribution in [3.05, 3.63) is 70.9 Å². The Morgan fingerprint density at radius 3 is 2.42 bits per heavy atom. The minimum atomic E-state index is -0.517. The fourth-order valence-electron chi connectivity index (χ4n) is 2.02. The van der Waals surface area contributed by atoms with E-state index in [2.05, 4.69) is 24.5 Å². The van der Waals surface area contributed by atoms with Crippen LogP contribution in [-0.4, -0.2) is 5.91 Å². The minimum Gasteiger partial charge on any atom is -0.360 e. The number of carbonyl (C=O) groups is 1. The fraction of sp³-hybridized carbons (Fsp3) is 0.158. The first-order valence-corrected chi connectivity index (χ1v) is 7.91. The highest BCUT2D eigenvalue weighted by molar-refractivity contribution is 6.33. The Hall–Kier alpha value is -2.77. The monoisotopic (exact) mass is 339 g/mol. The standard InChI is InChI=1S/C19H18ClN3O/c1-13(2)14-7-9-16(10-8-14)22-12-15(11-21)19(24)23-18-6-4-3-5-17(18)20/h3-10,12-13,22H,1-2H3,(H,23,24)/b15-12-. The molecule has 0 unspecified atom stereocenters. The maximum absolute atomic E-state index is 12.2. The molecule has 4 nitrogen and oxygen atoms in total. The Morgan fingerprint density at radius 2 is 1.83 bits per heavy atom. The number of benzene rings is 2. The first-order chi connectivity index (χ1) is 11.5. The van der Waals surface area contributed by atoms with Crippen molar-refractivity contribution in [3.63, 3.8) is 0 Å². The molecule has 0 saturated heterocycles. The highest BCUT2D eigenvalue weighted by atomic mass is 35.5. The number of para-hydroxylation sites is 1. The molecule has 0 atom stereocenters. The molecule has 122 valence electrons. The molecule has 0 aromatic heterocycles. The SMILES string of the molecule is CC(C)c1ccc(N/C=C(/C#N)C(=O)Nc2ccccc2Cl)cc1. The van der Waals surface area contributed by atoms with Gasteiger partial charge in [-0.2, -0.15) is 5.26 Å². The molecule has 1 amide bonds. The second kappa shape index (κ2) is 8.19. The van der Waals surface area contributed by atoms with Crippen molar-refractivity contribution < 1.29 is 4.79 Å². The summed E-state index contributed by atoms with van der Waals surface area (Å²) in [5.74, 6) is -0.0671. The zero-order chi connectivity index (χ0) is 17.5. The number of nitriles is 1. The third-order valence-electron chi connectivity index (χ3n) is 3.45. The van der Waals surface area contributed by atoms with Crippen LogP contribution in [0.2, 0.25) is 5.02 Å². The molecule has 0 spiro atoms. The van der Waals surface area contributed by atoms with Crippen LogP contribution in [0.25, 0.3) is 0 Å². The summed E-state index contributed by atoms with van der Waals surface area (Å²) in [6.07, 6.45) is 1.39. The average molecular weight is 340 g/mol. The van der Waals surface area contributed by atoms with Gasteiger partial charge in [0.05, 0.1) is 10.7 Å².